The minimum Gasteiger partial charge on any atom is -0.0616 e. The highest BCUT2D eigenvalue weighted by Crippen LogP contribution is 2.41. The van der Waals surface area contributed by atoms with Crippen LogP contribution < -0.4 is 0 Å². The van der Waals surface area contributed by atoms with E-state index in [-0.39, 0.29) is 0 Å². The summed E-state index contributed by atoms with van der Waals surface area (Å²) in [6.07, 6.45) is 0. The molecule has 0 aliphatic heterocycles. The van der Waals surface area contributed by atoms with E-state index in [0.717, 1.165) is 0 Å². The van der Waals surface area contributed by atoms with E-state index in [4.69, 9.17) is 0 Å². The van der Waals surface area contributed by atoms with E-state index in [2.05, 4.69) is 218 Å². The third-order valence-corrected chi connectivity index (χ3v) is 12.4. The molecule has 0 heterocycles. The first-order chi connectivity index (χ1) is 28.7. The van der Waals surface area contributed by atoms with Gasteiger partial charge in [0.1, 0.15) is 0 Å². The molecule has 268 valence electrons. The highest BCUT2D eigenvalue weighted by Gasteiger charge is 2.14. The molecular formula is C58H36. The highest BCUT2D eigenvalue weighted by molar-refractivity contribution is 6.16. The van der Waals surface area contributed by atoms with Crippen molar-refractivity contribution in [2.45, 2.75) is 0 Å². The van der Waals surface area contributed by atoms with Crippen molar-refractivity contribution in [3.05, 3.63) is 218 Å². The zero-order valence-electron chi connectivity index (χ0n) is 31.8. The molecule has 0 fully saturated rings. The van der Waals surface area contributed by atoms with Gasteiger partial charge in [0.25, 0.3) is 0 Å². The summed E-state index contributed by atoms with van der Waals surface area (Å²) in [7, 11) is 0. The highest BCUT2D eigenvalue weighted by atomic mass is 14.2. The van der Waals surface area contributed by atoms with Gasteiger partial charge in [0.15, 0.2) is 0 Å². The van der Waals surface area contributed by atoms with Crippen molar-refractivity contribution in [1.82, 2.24) is 0 Å². The molecule has 0 spiro atoms. The van der Waals surface area contributed by atoms with Gasteiger partial charge in [-0.15, -0.1) is 0 Å². The topological polar surface area (TPSA) is 0 Å². The Labute approximate surface area is 336 Å². The monoisotopic (exact) mass is 732 g/mol. The Morgan fingerprint density at radius 1 is 0.155 bits per heavy atom. The van der Waals surface area contributed by atoms with Gasteiger partial charge in [-0.3, -0.25) is 0 Å². The van der Waals surface area contributed by atoms with Crippen LogP contribution in [0.5, 0.6) is 0 Å². The van der Waals surface area contributed by atoms with E-state index < -0.39 is 0 Å². The third kappa shape index (κ3) is 5.23. The lowest BCUT2D eigenvalue weighted by Crippen LogP contribution is -1.89. The second-order valence-corrected chi connectivity index (χ2v) is 15.6. The quantitative estimate of drug-likeness (QED) is 0.158. The van der Waals surface area contributed by atoms with E-state index in [1.807, 2.05) is 0 Å². The number of hydrogen-bond donors (Lipinski definition) is 0. The lowest BCUT2D eigenvalue weighted by Gasteiger charge is -2.16. The van der Waals surface area contributed by atoms with Gasteiger partial charge in [-0.2, -0.15) is 0 Å². The van der Waals surface area contributed by atoms with Crippen LogP contribution in [-0.4, -0.2) is 0 Å². The summed E-state index contributed by atoms with van der Waals surface area (Å²) in [5.41, 5.74) is 9.98. The van der Waals surface area contributed by atoms with Gasteiger partial charge in [-0.05, 0) is 150 Å². The summed E-state index contributed by atoms with van der Waals surface area (Å²) in [5.74, 6) is 0. The number of fused-ring (bicyclic) bond motifs is 10. The van der Waals surface area contributed by atoms with Gasteiger partial charge in [0.2, 0.25) is 0 Å². The molecule has 0 amide bonds. The average Bonchev–Trinajstić information content (AvgIpc) is 3.30. The van der Waals surface area contributed by atoms with Crippen LogP contribution in [0.15, 0.2) is 218 Å². The molecule has 0 bridgehead atoms. The Kier molecular flexibility index (Phi) is 7.33. The molecule has 0 radical (unpaired) electrons. The van der Waals surface area contributed by atoms with Crippen molar-refractivity contribution >= 4 is 75.4 Å². The van der Waals surface area contributed by atoms with Crippen LogP contribution in [0.2, 0.25) is 0 Å². The normalized spacial score (nSPS) is 11.8. The number of benzene rings is 12. The second kappa shape index (κ2) is 13.0. The van der Waals surface area contributed by atoms with E-state index in [1.165, 1.54) is 120 Å². The SMILES string of the molecule is c1ccc(-c2cc3ccccc3c3ccccc23)c(-c2ccc3c(ccc4cc(-c5ccc6c(ccc7cc(-c8cccc9ccccc89)ccc76)c5)ccc43)c2)c1. The van der Waals surface area contributed by atoms with Crippen molar-refractivity contribution in [2.24, 2.45) is 0 Å². The van der Waals surface area contributed by atoms with Gasteiger partial charge in [0.05, 0.1) is 0 Å². The van der Waals surface area contributed by atoms with Gasteiger partial charge in [0, 0.05) is 0 Å². The fraction of sp³-hybridized carbons (Fsp3) is 0. The molecule has 0 aromatic heterocycles. The molecule has 0 nitrogen and oxygen atoms in total. The zero-order valence-corrected chi connectivity index (χ0v) is 31.8. The van der Waals surface area contributed by atoms with Gasteiger partial charge < -0.3 is 0 Å². The Balaban J connectivity index is 0.896. The number of hydrogen-bond acceptors (Lipinski definition) is 0. The minimum absolute atomic E-state index is 1.23. The van der Waals surface area contributed by atoms with Crippen LogP contribution >= 0.6 is 0 Å². The van der Waals surface area contributed by atoms with Crippen LogP contribution in [0.25, 0.3) is 120 Å². The van der Waals surface area contributed by atoms with Gasteiger partial charge in [-0.1, -0.05) is 188 Å². The lowest BCUT2D eigenvalue weighted by atomic mass is 9.88. The molecule has 0 aliphatic carbocycles. The fourth-order valence-corrected chi connectivity index (χ4v) is 9.56. The van der Waals surface area contributed by atoms with Crippen molar-refractivity contribution in [1.29, 1.82) is 0 Å². The molecule has 58 heavy (non-hydrogen) atoms. The predicted molar refractivity (Wildman–Crippen MR) is 251 cm³/mol. The summed E-state index contributed by atoms with van der Waals surface area (Å²) in [6.45, 7) is 0. The summed E-state index contributed by atoms with van der Waals surface area (Å²) in [6, 6.07) is 80.9. The van der Waals surface area contributed by atoms with E-state index in [0.29, 0.717) is 0 Å². The molecule has 0 aliphatic rings. The van der Waals surface area contributed by atoms with Gasteiger partial charge in [-0.25, -0.2) is 0 Å². The maximum atomic E-state index is 2.36. The lowest BCUT2D eigenvalue weighted by molar-refractivity contribution is 1.62. The summed E-state index contributed by atoms with van der Waals surface area (Å²) in [4.78, 5) is 0. The molecule has 12 aromatic rings. The third-order valence-electron chi connectivity index (χ3n) is 12.4. The van der Waals surface area contributed by atoms with Crippen molar-refractivity contribution in [3.8, 4) is 44.5 Å². The first-order valence-corrected chi connectivity index (χ1v) is 20.2. The van der Waals surface area contributed by atoms with E-state index in [1.54, 1.807) is 0 Å². The molecule has 0 N–H and O–H groups in total. The predicted octanol–water partition coefficient (Wildman–Crippen LogP) is 16.4. The zero-order chi connectivity index (χ0) is 38.2. The van der Waals surface area contributed by atoms with Crippen LogP contribution in [0, 0.1) is 0 Å². The summed E-state index contributed by atoms with van der Waals surface area (Å²) in [5, 5.41) is 17.8. The minimum atomic E-state index is 1.23. The van der Waals surface area contributed by atoms with E-state index >= 15 is 0 Å². The first-order valence-electron chi connectivity index (χ1n) is 20.2. The van der Waals surface area contributed by atoms with Crippen molar-refractivity contribution in [3.63, 3.8) is 0 Å². The standard InChI is InChI=1S/C58H36/c1-3-13-47-37(10-1)12-9-19-48(47)45-26-30-53-43(34-45)22-20-41-32-38(24-28-51(41)53)39-25-29-52-42(33-39)21-23-44-35-46(27-31-54(44)52)50-15-5-6-17-56(50)58-36-40-11-2-4-14-49(40)55-16-7-8-18-57(55)58/h1-36H. The Hall–Kier alpha value is -7.54. The Morgan fingerprint density at radius 3 is 1.16 bits per heavy atom. The molecule has 0 heteroatoms. The molecule has 12 rings (SSSR count). The largest absolute Gasteiger partial charge is 0.0616 e. The second-order valence-electron chi connectivity index (χ2n) is 15.6. The molecular weight excluding hydrogens is 697 g/mol. The Morgan fingerprint density at radius 2 is 0.534 bits per heavy atom. The molecule has 0 saturated heterocycles. The molecule has 0 atom stereocenters. The maximum absolute atomic E-state index is 2.36. The molecule has 12 aromatic carbocycles. The smallest absolute Gasteiger partial charge is 0.00928 e. The van der Waals surface area contributed by atoms with Crippen molar-refractivity contribution in [2.75, 3.05) is 0 Å². The van der Waals surface area contributed by atoms with E-state index in [9.17, 15) is 0 Å². The number of rotatable bonds is 4. The van der Waals surface area contributed by atoms with Crippen LogP contribution in [-0.2, 0) is 0 Å². The summed E-state index contributed by atoms with van der Waals surface area (Å²) < 4.78 is 0. The maximum Gasteiger partial charge on any atom is -0.00928 e. The van der Waals surface area contributed by atoms with Gasteiger partial charge >= 0.3 is 0 Å². The first kappa shape index (κ1) is 32.7. The molecule has 0 unspecified atom stereocenters. The van der Waals surface area contributed by atoms with Crippen molar-refractivity contribution < 1.29 is 0 Å². The Bertz CT molecular complexity index is 3620. The van der Waals surface area contributed by atoms with Crippen LogP contribution in [0.4, 0.5) is 0 Å². The average molecular weight is 733 g/mol. The fourth-order valence-electron chi connectivity index (χ4n) is 9.56. The summed E-state index contributed by atoms with van der Waals surface area (Å²) >= 11 is 0. The molecule has 0 saturated carbocycles. The van der Waals surface area contributed by atoms with Crippen LogP contribution in [0.1, 0.15) is 0 Å². The van der Waals surface area contributed by atoms with Crippen LogP contribution in [0.3, 0.4) is 0 Å².